The lowest BCUT2D eigenvalue weighted by Gasteiger charge is -2.47. The van der Waals surface area contributed by atoms with Crippen molar-refractivity contribution < 1.29 is 27.1 Å². The van der Waals surface area contributed by atoms with Crippen molar-refractivity contribution in [2.45, 2.75) is 56.5 Å². The average molecular weight is 518 g/mol. The topological polar surface area (TPSA) is 77.1 Å². The van der Waals surface area contributed by atoms with Gasteiger partial charge in [-0.3, -0.25) is 9.69 Å². The number of hydrogen-bond donors (Lipinski definition) is 1. The molecule has 11 heteroatoms. The Kier molecular flexibility index (Phi) is 6.21. The number of imidazole rings is 1. The van der Waals surface area contributed by atoms with Crippen LogP contribution in [0.3, 0.4) is 0 Å². The van der Waals surface area contributed by atoms with Crippen LogP contribution < -0.4 is 10.0 Å². The molecule has 2 aliphatic rings. The van der Waals surface area contributed by atoms with Crippen LogP contribution in [0.1, 0.15) is 49.7 Å². The molecule has 5 rings (SSSR count). The summed E-state index contributed by atoms with van der Waals surface area (Å²) in [5.41, 5.74) is -0.777. The summed E-state index contributed by atoms with van der Waals surface area (Å²) in [4.78, 5) is 19.3. The van der Waals surface area contributed by atoms with Gasteiger partial charge in [0.15, 0.2) is 18.2 Å². The molecule has 3 aromatic rings. The fourth-order valence-electron chi connectivity index (χ4n) is 5.42. The molecule has 196 valence electrons. The van der Waals surface area contributed by atoms with Crippen molar-refractivity contribution in [1.29, 1.82) is 0 Å². The van der Waals surface area contributed by atoms with E-state index in [2.05, 4.69) is 10.3 Å². The maximum atomic E-state index is 15.1. The maximum absolute atomic E-state index is 15.1. The maximum Gasteiger partial charge on any atom is 0.259 e. The molecule has 1 fully saturated rings. The molecule has 0 bridgehead atoms. The number of halogens is 4. The van der Waals surface area contributed by atoms with E-state index in [0.717, 1.165) is 6.07 Å². The minimum absolute atomic E-state index is 0.0263. The van der Waals surface area contributed by atoms with E-state index in [0.29, 0.717) is 40.3 Å². The number of nitrogens with one attached hydrogen (secondary N) is 1. The summed E-state index contributed by atoms with van der Waals surface area (Å²) in [6.45, 7) is 3.05. The van der Waals surface area contributed by atoms with Crippen LogP contribution in [0.2, 0.25) is 0 Å². The van der Waals surface area contributed by atoms with Crippen molar-refractivity contribution in [3.05, 3.63) is 82.7 Å². The lowest BCUT2D eigenvalue weighted by Crippen LogP contribution is -2.60. The number of hydrogen-bond acceptors (Lipinski definition) is 4. The number of rotatable bonds is 5. The minimum Gasteiger partial charge on any atom is -0.619 e. The first-order chi connectivity index (χ1) is 17.5. The number of benzene rings is 1. The normalized spacial score (nSPS) is 24.0. The molecule has 1 unspecified atom stereocenters. The van der Waals surface area contributed by atoms with Crippen LogP contribution in [0.15, 0.2) is 48.9 Å². The number of carbonyl (C=O) groups is 1. The third-order valence-electron chi connectivity index (χ3n) is 7.71. The van der Waals surface area contributed by atoms with Crippen molar-refractivity contribution in [2.75, 3.05) is 18.4 Å². The standard InChI is InChI=1S/C26H27F4N5O2/c1-16(33-10-7-26(29,30)25(2,15-33)18-5-8-34(37)9-6-18)24(36)32-22-14-35-21(3-4-23(35)31-22)17-11-19(27)13-20(28)12-17/h5-6,8-9,11-14,16,21H,3-4,7,10,15H2,1-2H3,(H,32,36)/t16-,21+,25?/m0/s1. The largest absolute Gasteiger partial charge is 0.619 e. The highest BCUT2D eigenvalue weighted by atomic mass is 19.3. The predicted octanol–water partition coefficient (Wildman–Crippen LogP) is 3.96. The molecule has 37 heavy (non-hydrogen) atoms. The van der Waals surface area contributed by atoms with E-state index in [-0.39, 0.29) is 19.1 Å². The number of carbonyl (C=O) groups excluding carboxylic acids is 1. The lowest BCUT2D eigenvalue weighted by atomic mass is 9.72. The first kappa shape index (κ1) is 25.2. The Labute approximate surface area is 211 Å². The number of fused-ring (bicyclic) bond motifs is 1. The number of aromatic nitrogens is 3. The van der Waals surface area contributed by atoms with E-state index in [9.17, 15) is 18.8 Å². The van der Waals surface area contributed by atoms with Crippen LogP contribution in [-0.4, -0.2) is 45.4 Å². The Bertz CT molecular complexity index is 1310. The minimum atomic E-state index is -3.02. The van der Waals surface area contributed by atoms with Crippen LogP contribution in [-0.2, 0) is 16.6 Å². The fraction of sp³-hybridized carbons (Fsp3) is 0.423. The number of piperidine rings is 1. The second kappa shape index (κ2) is 9.13. The van der Waals surface area contributed by atoms with Crippen molar-refractivity contribution in [2.24, 2.45) is 0 Å². The van der Waals surface area contributed by atoms with Crippen molar-refractivity contribution in [1.82, 2.24) is 14.5 Å². The molecule has 0 radical (unpaired) electrons. The van der Waals surface area contributed by atoms with Gasteiger partial charge < -0.3 is 15.1 Å². The molecule has 2 aromatic heterocycles. The van der Waals surface area contributed by atoms with Crippen LogP contribution in [0.5, 0.6) is 0 Å². The smallest absolute Gasteiger partial charge is 0.259 e. The molecule has 7 nitrogen and oxygen atoms in total. The highest BCUT2D eigenvalue weighted by molar-refractivity contribution is 5.93. The Hall–Kier alpha value is -3.47. The molecule has 3 atom stereocenters. The van der Waals surface area contributed by atoms with Gasteiger partial charge in [0.2, 0.25) is 5.91 Å². The summed E-state index contributed by atoms with van der Waals surface area (Å²) in [6.07, 6.45) is 4.79. The SMILES string of the molecule is C[C@@H](C(=O)Nc1cn2c(n1)CC[C@@H]2c1cc(F)cc(F)c1)N1CCC(F)(F)C(C)(c2cc[n+]([O-])cc2)C1. The highest BCUT2D eigenvalue weighted by Gasteiger charge is 2.55. The predicted molar refractivity (Wildman–Crippen MR) is 127 cm³/mol. The van der Waals surface area contributed by atoms with Gasteiger partial charge in [-0.05, 0) is 43.5 Å². The number of nitrogens with zero attached hydrogens (tertiary/aromatic N) is 4. The number of amides is 1. The van der Waals surface area contributed by atoms with E-state index in [1.54, 1.807) is 22.6 Å². The number of likely N-dealkylation sites (tertiary alicyclic amines) is 1. The first-order valence-electron chi connectivity index (χ1n) is 12.1. The number of anilines is 1. The average Bonchev–Trinajstić information content (AvgIpc) is 3.40. The molecule has 0 aliphatic carbocycles. The summed E-state index contributed by atoms with van der Waals surface area (Å²) in [6, 6.07) is 5.14. The second-order valence-corrected chi connectivity index (χ2v) is 10.1. The second-order valence-electron chi connectivity index (χ2n) is 10.1. The molecule has 1 aromatic carbocycles. The summed E-state index contributed by atoms with van der Waals surface area (Å²) in [5.74, 6) is -3.77. The quantitative estimate of drug-likeness (QED) is 0.316. The molecule has 0 saturated carbocycles. The van der Waals surface area contributed by atoms with Crippen LogP contribution in [0.4, 0.5) is 23.4 Å². The van der Waals surface area contributed by atoms with Gasteiger partial charge in [0.1, 0.15) is 17.5 Å². The van der Waals surface area contributed by atoms with Gasteiger partial charge in [-0.15, -0.1) is 0 Å². The van der Waals surface area contributed by atoms with Crippen molar-refractivity contribution >= 4 is 11.7 Å². The van der Waals surface area contributed by atoms with Gasteiger partial charge in [-0.25, -0.2) is 22.5 Å². The van der Waals surface area contributed by atoms with Gasteiger partial charge >= 0.3 is 0 Å². The monoisotopic (exact) mass is 517 g/mol. The molecule has 1 amide bonds. The molecule has 2 aliphatic heterocycles. The number of pyridine rings is 1. The summed E-state index contributed by atoms with van der Waals surface area (Å²) >= 11 is 0. The van der Waals surface area contributed by atoms with Crippen molar-refractivity contribution in [3.63, 3.8) is 0 Å². The van der Waals surface area contributed by atoms with Crippen LogP contribution in [0, 0.1) is 16.8 Å². The van der Waals surface area contributed by atoms with Crippen LogP contribution in [0.25, 0.3) is 0 Å². The molecular formula is C26H27F4N5O2. The lowest BCUT2D eigenvalue weighted by molar-refractivity contribution is -0.605. The van der Waals surface area contributed by atoms with E-state index in [4.69, 9.17) is 0 Å². The molecule has 4 heterocycles. The Morgan fingerprint density at radius 1 is 1.22 bits per heavy atom. The fourth-order valence-corrected chi connectivity index (χ4v) is 5.42. The zero-order chi connectivity index (χ0) is 26.5. The van der Waals surface area contributed by atoms with Gasteiger partial charge in [-0.2, -0.15) is 4.73 Å². The Balaban J connectivity index is 1.31. The highest BCUT2D eigenvalue weighted by Crippen LogP contribution is 2.45. The Morgan fingerprint density at radius 2 is 1.89 bits per heavy atom. The summed E-state index contributed by atoms with van der Waals surface area (Å²) in [5, 5.41) is 14.2. The van der Waals surface area contributed by atoms with E-state index in [1.165, 1.54) is 43.6 Å². The zero-order valence-electron chi connectivity index (χ0n) is 20.4. The summed E-state index contributed by atoms with van der Waals surface area (Å²) < 4.78 is 60.0. The van der Waals surface area contributed by atoms with Crippen molar-refractivity contribution in [3.8, 4) is 0 Å². The van der Waals surface area contributed by atoms with Gasteiger partial charge in [0.05, 0.1) is 17.5 Å². The number of alkyl halides is 2. The third-order valence-corrected chi connectivity index (χ3v) is 7.71. The zero-order valence-corrected chi connectivity index (χ0v) is 20.4. The molecular weight excluding hydrogens is 490 g/mol. The van der Waals surface area contributed by atoms with Gasteiger partial charge in [-0.1, -0.05) is 0 Å². The Morgan fingerprint density at radius 3 is 2.57 bits per heavy atom. The molecule has 1 saturated heterocycles. The molecule has 0 spiro atoms. The first-order valence-corrected chi connectivity index (χ1v) is 12.1. The number of aryl methyl sites for hydroxylation is 1. The third kappa shape index (κ3) is 4.56. The van der Waals surface area contributed by atoms with E-state index in [1.807, 2.05) is 0 Å². The van der Waals surface area contributed by atoms with E-state index >= 15 is 8.78 Å². The van der Waals surface area contributed by atoms with Gasteiger partial charge in [0.25, 0.3) is 5.92 Å². The van der Waals surface area contributed by atoms with Gasteiger partial charge in [0, 0.05) is 50.3 Å². The van der Waals surface area contributed by atoms with E-state index < -0.39 is 41.3 Å². The molecule has 1 N–H and O–H groups in total. The summed E-state index contributed by atoms with van der Waals surface area (Å²) in [7, 11) is 0. The van der Waals surface area contributed by atoms with Crippen LogP contribution >= 0.6 is 0 Å².